The summed E-state index contributed by atoms with van der Waals surface area (Å²) >= 11 is 0. The molecule has 9 heteroatoms. The molecule has 0 radical (unpaired) electrons. The zero-order chi connectivity index (χ0) is 21.3. The van der Waals surface area contributed by atoms with Gasteiger partial charge >= 0.3 is 6.18 Å². The van der Waals surface area contributed by atoms with Gasteiger partial charge in [-0.05, 0) is 50.9 Å². The quantitative estimate of drug-likeness (QED) is 0.292. The lowest BCUT2D eigenvalue weighted by molar-refractivity contribution is -0.176. The van der Waals surface area contributed by atoms with Crippen LogP contribution in [0.25, 0.3) is 0 Å². The molecule has 0 saturated carbocycles. The molecule has 2 rings (SSSR count). The van der Waals surface area contributed by atoms with Gasteiger partial charge in [-0.25, -0.2) is 0 Å². The minimum Gasteiger partial charge on any atom is -0.367 e. The van der Waals surface area contributed by atoms with Crippen LogP contribution < -0.4 is 10.6 Å². The van der Waals surface area contributed by atoms with Gasteiger partial charge in [-0.2, -0.15) is 13.2 Å². The normalized spacial score (nSPS) is 16.1. The molecule has 1 aromatic carbocycles. The summed E-state index contributed by atoms with van der Waals surface area (Å²) in [6, 6.07) is 7.34. The minimum atomic E-state index is -4.31. The lowest BCUT2D eigenvalue weighted by atomic mass is 9.98. The van der Waals surface area contributed by atoms with Gasteiger partial charge in [0.1, 0.15) is 6.61 Å². The highest BCUT2D eigenvalue weighted by Gasteiger charge is 2.28. The molecule has 5 nitrogen and oxygen atoms in total. The second kappa shape index (κ2) is 12.7. The fourth-order valence-corrected chi connectivity index (χ4v) is 3.43. The molecule has 0 atom stereocenters. The van der Waals surface area contributed by atoms with Crippen molar-refractivity contribution in [3.8, 4) is 0 Å². The Labute approximate surface area is 194 Å². The molecule has 1 heterocycles. The fourth-order valence-electron chi connectivity index (χ4n) is 3.43. The van der Waals surface area contributed by atoms with E-state index in [4.69, 9.17) is 4.74 Å². The summed E-state index contributed by atoms with van der Waals surface area (Å²) in [6.45, 7) is 6.73. The van der Waals surface area contributed by atoms with Crippen molar-refractivity contribution >= 4 is 29.9 Å². The number of nitrogens with one attached hydrogen (secondary N) is 2. The molecule has 30 heavy (non-hydrogen) atoms. The van der Waals surface area contributed by atoms with E-state index in [1.807, 2.05) is 18.2 Å². The van der Waals surface area contributed by atoms with Crippen LogP contribution in [0, 0.1) is 0 Å². The van der Waals surface area contributed by atoms with E-state index in [9.17, 15) is 13.2 Å². The van der Waals surface area contributed by atoms with Crippen LogP contribution in [0.5, 0.6) is 0 Å². The van der Waals surface area contributed by atoms with Gasteiger partial charge in [0, 0.05) is 25.7 Å². The molecule has 0 aromatic heterocycles. The molecule has 1 saturated heterocycles. The predicted molar refractivity (Wildman–Crippen MR) is 125 cm³/mol. The SMILES string of the molecule is CN=C(NCc1cccc(COCC(F)(F)F)c1)NCC(C)(C)N1CCCCC1.I. The van der Waals surface area contributed by atoms with E-state index < -0.39 is 12.8 Å². The Bertz CT molecular complexity index is 662. The van der Waals surface area contributed by atoms with Crippen molar-refractivity contribution in [2.75, 3.05) is 33.3 Å². The third kappa shape index (κ3) is 9.82. The Morgan fingerprint density at radius 2 is 1.77 bits per heavy atom. The number of hydrogen-bond donors (Lipinski definition) is 2. The van der Waals surface area contributed by atoms with Crippen molar-refractivity contribution in [3.63, 3.8) is 0 Å². The molecule has 1 aliphatic heterocycles. The number of rotatable bonds is 8. The molecule has 0 unspecified atom stereocenters. The summed E-state index contributed by atoms with van der Waals surface area (Å²) in [5, 5.41) is 6.66. The van der Waals surface area contributed by atoms with Gasteiger partial charge in [0.05, 0.1) is 6.61 Å². The number of nitrogens with zero attached hydrogens (tertiary/aromatic N) is 2. The molecule has 1 fully saturated rings. The van der Waals surface area contributed by atoms with E-state index >= 15 is 0 Å². The molecule has 0 amide bonds. The Kier molecular flexibility index (Phi) is 11.4. The lowest BCUT2D eigenvalue weighted by Crippen LogP contribution is -2.54. The van der Waals surface area contributed by atoms with Crippen LogP contribution in [-0.4, -0.2) is 55.9 Å². The van der Waals surface area contributed by atoms with Crippen LogP contribution in [-0.2, 0) is 17.9 Å². The first kappa shape index (κ1) is 27.0. The highest BCUT2D eigenvalue weighted by atomic mass is 127. The number of aliphatic imine (C=N–C) groups is 1. The molecule has 1 aromatic rings. The smallest absolute Gasteiger partial charge is 0.367 e. The molecular formula is C21H34F3IN4O. The van der Waals surface area contributed by atoms with Gasteiger partial charge in [-0.15, -0.1) is 24.0 Å². The number of guanidine groups is 1. The summed E-state index contributed by atoms with van der Waals surface area (Å²) < 4.78 is 41.3. The van der Waals surface area contributed by atoms with Gasteiger partial charge in [-0.1, -0.05) is 30.7 Å². The van der Waals surface area contributed by atoms with Gasteiger partial charge in [0.25, 0.3) is 0 Å². The third-order valence-corrected chi connectivity index (χ3v) is 5.11. The van der Waals surface area contributed by atoms with E-state index in [1.165, 1.54) is 19.3 Å². The second-order valence-corrected chi connectivity index (χ2v) is 8.07. The standard InChI is InChI=1S/C21H33F3N4O.HI/c1-20(2,28-10-5-4-6-11-28)15-27-19(25-3)26-13-17-8-7-9-18(12-17)14-29-16-21(22,23)24;/h7-9,12H,4-6,10-11,13-16H2,1-3H3,(H2,25,26,27);1H. The van der Waals surface area contributed by atoms with Gasteiger partial charge in [-0.3, -0.25) is 9.89 Å². The molecule has 0 aliphatic carbocycles. The summed E-state index contributed by atoms with van der Waals surface area (Å²) in [4.78, 5) is 6.79. The minimum absolute atomic E-state index is 0. The van der Waals surface area contributed by atoms with Gasteiger partial charge < -0.3 is 15.4 Å². The lowest BCUT2D eigenvalue weighted by Gasteiger charge is -2.41. The first-order valence-electron chi connectivity index (χ1n) is 10.1. The summed E-state index contributed by atoms with van der Waals surface area (Å²) in [5.41, 5.74) is 1.70. The van der Waals surface area contributed by atoms with Crippen molar-refractivity contribution in [3.05, 3.63) is 35.4 Å². The van der Waals surface area contributed by atoms with Gasteiger partial charge in [0.15, 0.2) is 5.96 Å². The average Bonchev–Trinajstić information content (AvgIpc) is 2.68. The van der Waals surface area contributed by atoms with Crippen LogP contribution in [0.2, 0.25) is 0 Å². The molecule has 2 N–H and O–H groups in total. The number of likely N-dealkylation sites (tertiary alicyclic amines) is 1. The van der Waals surface area contributed by atoms with Crippen LogP contribution in [0.3, 0.4) is 0 Å². The number of piperidine rings is 1. The topological polar surface area (TPSA) is 48.9 Å². The van der Waals surface area contributed by atoms with Crippen molar-refractivity contribution in [1.29, 1.82) is 0 Å². The van der Waals surface area contributed by atoms with Crippen LogP contribution in [0.4, 0.5) is 13.2 Å². The molecule has 1 aliphatic rings. The van der Waals surface area contributed by atoms with Crippen molar-refractivity contribution in [2.24, 2.45) is 4.99 Å². The number of benzene rings is 1. The van der Waals surface area contributed by atoms with E-state index in [-0.39, 0.29) is 36.1 Å². The highest BCUT2D eigenvalue weighted by molar-refractivity contribution is 14.0. The Hall–Kier alpha value is -1.07. The largest absolute Gasteiger partial charge is 0.411 e. The number of hydrogen-bond acceptors (Lipinski definition) is 3. The van der Waals surface area contributed by atoms with Crippen molar-refractivity contribution in [1.82, 2.24) is 15.5 Å². The van der Waals surface area contributed by atoms with E-state index in [2.05, 4.69) is 34.4 Å². The fraction of sp³-hybridized carbons (Fsp3) is 0.667. The maximum atomic E-state index is 12.2. The molecular weight excluding hydrogens is 508 g/mol. The average molecular weight is 542 g/mol. The monoisotopic (exact) mass is 542 g/mol. The van der Waals surface area contributed by atoms with Crippen molar-refractivity contribution < 1.29 is 17.9 Å². The Morgan fingerprint density at radius 3 is 2.40 bits per heavy atom. The van der Waals surface area contributed by atoms with E-state index in [1.54, 1.807) is 13.1 Å². The molecule has 0 bridgehead atoms. The predicted octanol–water partition coefficient (Wildman–Crippen LogP) is 4.31. The maximum absolute atomic E-state index is 12.2. The summed E-state index contributed by atoms with van der Waals surface area (Å²) in [5.74, 6) is 0.703. The summed E-state index contributed by atoms with van der Waals surface area (Å²) in [7, 11) is 1.73. The van der Waals surface area contributed by atoms with E-state index in [0.717, 1.165) is 25.2 Å². The Balaban J connectivity index is 0.00000450. The zero-order valence-electron chi connectivity index (χ0n) is 18.0. The first-order chi connectivity index (χ1) is 13.7. The van der Waals surface area contributed by atoms with Crippen LogP contribution >= 0.6 is 24.0 Å². The van der Waals surface area contributed by atoms with Crippen LogP contribution in [0.1, 0.15) is 44.2 Å². The highest BCUT2D eigenvalue weighted by Crippen LogP contribution is 2.20. The van der Waals surface area contributed by atoms with Crippen molar-refractivity contribution in [2.45, 2.75) is 58.0 Å². The van der Waals surface area contributed by atoms with Gasteiger partial charge in [0.2, 0.25) is 0 Å². The molecule has 172 valence electrons. The number of alkyl halides is 3. The zero-order valence-corrected chi connectivity index (χ0v) is 20.3. The number of ether oxygens (including phenoxy) is 1. The maximum Gasteiger partial charge on any atom is 0.411 e. The first-order valence-corrected chi connectivity index (χ1v) is 10.1. The Morgan fingerprint density at radius 1 is 1.10 bits per heavy atom. The molecule has 0 spiro atoms. The number of halogens is 4. The summed E-state index contributed by atoms with van der Waals surface area (Å²) in [6.07, 6.45) is -0.498. The van der Waals surface area contributed by atoms with Crippen LogP contribution in [0.15, 0.2) is 29.3 Å². The second-order valence-electron chi connectivity index (χ2n) is 8.07. The van der Waals surface area contributed by atoms with E-state index in [0.29, 0.717) is 18.1 Å². The third-order valence-electron chi connectivity index (χ3n) is 5.11.